The zero-order valence-corrected chi connectivity index (χ0v) is 13.8. The van der Waals surface area contributed by atoms with Crippen LogP contribution < -0.4 is 9.64 Å². The topological polar surface area (TPSA) is 12.5 Å². The molecule has 0 aliphatic heterocycles. The summed E-state index contributed by atoms with van der Waals surface area (Å²) in [5, 5.41) is 0. The molecule has 0 saturated heterocycles. The number of rotatable bonds is 4. The molecule has 23 heavy (non-hydrogen) atoms. The van der Waals surface area contributed by atoms with E-state index in [9.17, 15) is 0 Å². The summed E-state index contributed by atoms with van der Waals surface area (Å²) in [6.07, 6.45) is 0. The third-order valence-electron chi connectivity index (χ3n) is 4.02. The minimum Gasteiger partial charge on any atom is -0.497 e. The second-order valence-corrected chi connectivity index (χ2v) is 5.61. The van der Waals surface area contributed by atoms with Crippen LogP contribution in [0.15, 0.2) is 72.8 Å². The molecule has 0 aliphatic rings. The highest BCUT2D eigenvalue weighted by molar-refractivity contribution is 5.80. The molecule has 0 heterocycles. The number of aryl methyl sites for hydroxylation is 2. The molecular weight excluding hydrogens is 282 g/mol. The first-order chi connectivity index (χ1) is 11.2. The van der Waals surface area contributed by atoms with E-state index in [2.05, 4.69) is 79.4 Å². The Morgan fingerprint density at radius 3 is 1.78 bits per heavy atom. The Balaban J connectivity index is 2.22. The molecule has 0 fully saturated rings. The van der Waals surface area contributed by atoms with Crippen LogP contribution >= 0.6 is 0 Å². The molecule has 2 heteroatoms. The van der Waals surface area contributed by atoms with Crippen molar-refractivity contribution >= 4 is 17.1 Å². The molecule has 0 atom stereocenters. The summed E-state index contributed by atoms with van der Waals surface area (Å²) in [5.74, 6) is 0.856. The number of methoxy groups -OCH3 is 1. The van der Waals surface area contributed by atoms with Crippen LogP contribution in [-0.4, -0.2) is 7.11 Å². The van der Waals surface area contributed by atoms with E-state index >= 15 is 0 Å². The predicted molar refractivity (Wildman–Crippen MR) is 97.2 cm³/mol. The van der Waals surface area contributed by atoms with Crippen LogP contribution in [-0.2, 0) is 0 Å². The summed E-state index contributed by atoms with van der Waals surface area (Å²) in [6, 6.07) is 25.1. The van der Waals surface area contributed by atoms with Gasteiger partial charge >= 0.3 is 0 Å². The highest BCUT2D eigenvalue weighted by atomic mass is 16.5. The van der Waals surface area contributed by atoms with Gasteiger partial charge in [-0.25, -0.2) is 0 Å². The van der Waals surface area contributed by atoms with E-state index < -0.39 is 0 Å². The standard InChI is InChI=1S/C21H21NO/c1-16-9-4-6-13-20(16)22(21-14-7-5-10-17(21)2)18-11-8-12-19(15-18)23-3/h4-15H,1-3H3. The van der Waals surface area contributed by atoms with E-state index in [1.807, 2.05) is 12.1 Å². The first-order valence-electron chi connectivity index (χ1n) is 7.76. The minimum atomic E-state index is 0.856. The van der Waals surface area contributed by atoms with Crippen molar-refractivity contribution in [3.8, 4) is 5.75 Å². The number of nitrogens with zero attached hydrogens (tertiary/aromatic N) is 1. The number of ether oxygens (including phenoxy) is 1. The second-order valence-electron chi connectivity index (χ2n) is 5.61. The van der Waals surface area contributed by atoms with Gasteiger partial charge in [0.15, 0.2) is 0 Å². The normalized spacial score (nSPS) is 10.4. The fourth-order valence-electron chi connectivity index (χ4n) is 2.79. The van der Waals surface area contributed by atoms with Crippen molar-refractivity contribution in [3.05, 3.63) is 83.9 Å². The van der Waals surface area contributed by atoms with E-state index in [-0.39, 0.29) is 0 Å². The molecule has 0 aliphatic carbocycles. The van der Waals surface area contributed by atoms with Gasteiger partial charge in [0, 0.05) is 23.1 Å². The smallest absolute Gasteiger partial charge is 0.120 e. The Morgan fingerprint density at radius 1 is 0.696 bits per heavy atom. The van der Waals surface area contributed by atoms with Crippen molar-refractivity contribution in [1.82, 2.24) is 0 Å². The maximum atomic E-state index is 5.41. The lowest BCUT2D eigenvalue weighted by atomic mass is 10.1. The van der Waals surface area contributed by atoms with Gasteiger partial charge in [0.25, 0.3) is 0 Å². The Morgan fingerprint density at radius 2 is 1.26 bits per heavy atom. The largest absolute Gasteiger partial charge is 0.497 e. The summed E-state index contributed by atoms with van der Waals surface area (Å²) in [4.78, 5) is 2.28. The maximum Gasteiger partial charge on any atom is 0.120 e. The van der Waals surface area contributed by atoms with Gasteiger partial charge in [0.2, 0.25) is 0 Å². The zero-order chi connectivity index (χ0) is 16.2. The van der Waals surface area contributed by atoms with Crippen molar-refractivity contribution in [3.63, 3.8) is 0 Å². The molecule has 116 valence electrons. The van der Waals surface area contributed by atoms with Gasteiger partial charge in [-0.1, -0.05) is 42.5 Å². The average molecular weight is 303 g/mol. The van der Waals surface area contributed by atoms with Crippen molar-refractivity contribution < 1.29 is 4.74 Å². The van der Waals surface area contributed by atoms with Crippen molar-refractivity contribution in [2.45, 2.75) is 13.8 Å². The lowest BCUT2D eigenvalue weighted by Gasteiger charge is -2.28. The molecule has 0 bridgehead atoms. The Labute approximate surface area is 138 Å². The first kappa shape index (κ1) is 15.2. The van der Waals surface area contributed by atoms with Gasteiger partial charge in [-0.2, -0.15) is 0 Å². The number of para-hydroxylation sites is 2. The zero-order valence-electron chi connectivity index (χ0n) is 13.8. The molecule has 0 spiro atoms. The van der Waals surface area contributed by atoms with Gasteiger partial charge in [-0.05, 0) is 49.2 Å². The van der Waals surface area contributed by atoms with Crippen molar-refractivity contribution in [2.24, 2.45) is 0 Å². The molecule has 3 aromatic carbocycles. The molecule has 0 saturated carbocycles. The molecular formula is C21H21NO. The highest BCUT2D eigenvalue weighted by Crippen LogP contribution is 2.38. The summed E-state index contributed by atoms with van der Waals surface area (Å²) in [6.45, 7) is 4.28. The molecule has 0 radical (unpaired) electrons. The van der Waals surface area contributed by atoms with Gasteiger partial charge in [-0.3, -0.25) is 0 Å². The van der Waals surface area contributed by atoms with Gasteiger partial charge < -0.3 is 9.64 Å². The summed E-state index contributed by atoms with van der Waals surface area (Å²) in [7, 11) is 1.70. The average Bonchev–Trinajstić information content (AvgIpc) is 2.59. The molecule has 3 rings (SSSR count). The van der Waals surface area contributed by atoms with E-state index in [0.717, 1.165) is 11.4 Å². The van der Waals surface area contributed by atoms with Gasteiger partial charge in [0.1, 0.15) is 5.75 Å². The summed E-state index contributed by atoms with van der Waals surface area (Å²) >= 11 is 0. The number of benzene rings is 3. The van der Waals surface area contributed by atoms with E-state index in [1.54, 1.807) is 7.11 Å². The molecule has 0 N–H and O–H groups in total. The third-order valence-corrected chi connectivity index (χ3v) is 4.02. The van der Waals surface area contributed by atoms with E-state index in [0.29, 0.717) is 0 Å². The Kier molecular flexibility index (Phi) is 4.33. The minimum absolute atomic E-state index is 0.856. The number of hydrogen-bond acceptors (Lipinski definition) is 2. The van der Waals surface area contributed by atoms with Crippen LogP contribution in [0, 0.1) is 13.8 Å². The summed E-state index contributed by atoms with van der Waals surface area (Å²) in [5.41, 5.74) is 5.91. The third kappa shape index (κ3) is 3.07. The highest BCUT2D eigenvalue weighted by Gasteiger charge is 2.16. The first-order valence-corrected chi connectivity index (χ1v) is 7.76. The van der Waals surface area contributed by atoms with Gasteiger partial charge in [-0.15, -0.1) is 0 Å². The van der Waals surface area contributed by atoms with Crippen molar-refractivity contribution in [2.75, 3.05) is 12.0 Å². The fourth-order valence-corrected chi connectivity index (χ4v) is 2.79. The van der Waals surface area contributed by atoms with Crippen LogP contribution in [0.1, 0.15) is 11.1 Å². The van der Waals surface area contributed by atoms with Crippen LogP contribution in [0.3, 0.4) is 0 Å². The van der Waals surface area contributed by atoms with E-state index in [1.165, 1.54) is 22.5 Å². The lowest BCUT2D eigenvalue weighted by Crippen LogP contribution is -2.12. The SMILES string of the molecule is COc1cccc(N(c2ccccc2C)c2ccccc2C)c1. The summed E-state index contributed by atoms with van der Waals surface area (Å²) < 4.78 is 5.41. The van der Waals surface area contributed by atoms with Crippen LogP contribution in [0.2, 0.25) is 0 Å². The van der Waals surface area contributed by atoms with E-state index in [4.69, 9.17) is 4.74 Å². The van der Waals surface area contributed by atoms with Crippen LogP contribution in [0.25, 0.3) is 0 Å². The number of hydrogen-bond donors (Lipinski definition) is 0. The molecule has 0 aromatic heterocycles. The molecule has 3 aromatic rings. The number of anilines is 3. The van der Waals surface area contributed by atoms with Crippen LogP contribution in [0.5, 0.6) is 5.75 Å². The lowest BCUT2D eigenvalue weighted by molar-refractivity contribution is 0.415. The van der Waals surface area contributed by atoms with Gasteiger partial charge in [0.05, 0.1) is 7.11 Å². The molecule has 2 nitrogen and oxygen atoms in total. The Bertz CT molecular complexity index is 765. The fraction of sp³-hybridized carbons (Fsp3) is 0.143. The molecule has 0 unspecified atom stereocenters. The quantitative estimate of drug-likeness (QED) is 0.605. The predicted octanol–water partition coefficient (Wildman–Crippen LogP) is 5.78. The van der Waals surface area contributed by atoms with Crippen molar-refractivity contribution in [1.29, 1.82) is 0 Å². The second kappa shape index (κ2) is 6.57. The van der Waals surface area contributed by atoms with Crippen LogP contribution in [0.4, 0.5) is 17.1 Å². The monoisotopic (exact) mass is 303 g/mol. The Hall–Kier alpha value is -2.74. The molecule has 0 amide bonds. The maximum absolute atomic E-state index is 5.41.